The molecule has 1 aliphatic rings. The van der Waals surface area contributed by atoms with E-state index in [1.54, 1.807) is 0 Å². The fraction of sp³-hybridized carbons (Fsp3) is 0.500. The van der Waals surface area contributed by atoms with Gasteiger partial charge in [0.05, 0.1) is 6.20 Å². The van der Waals surface area contributed by atoms with Gasteiger partial charge in [0.2, 0.25) is 0 Å². The molecule has 3 rings (SSSR count). The third kappa shape index (κ3) is 3.03. The largest absolute Gasteiger partial charge is 0.310 e. The first-order chi connectivity index (χ1) is 10.3. The van der Waals surface area contributed by atoms with E-state index in [-0.39, 0.29) is 0 Å². The zero-order valence-corrected chi connectivity index (χ0v) is 13.0. The molecule has 3 heteroatoms. The Morgan fingerprint density at radius 3 is 2.95 bits per heavy atom. The molecular formula is C18H25N3. The second kappa shape index (κ2) is 6.44. The number of nitrogens with zero attached hydrogens (tertiary/aromatic N) is 2. The minimum absolute atomic E-state index is 0.437. The maximum Gasteiger partial charge on any atom is 0.0537 e. The van der Waals surface area contributed by atoms with Gasteiger partial charge in [-0.3, -0.25) is 4.68 Å². The van der Waals surface area contributed by atoms with Crippen LogP contribution in [0.1, 0.15) is 55.3 Å². The van der Waals surface area contributed by atoms with Crippen LogP contribution in [-0.4, -0.2) is 16.3 Å². The van der Waals surface area contributed by atoms with Crippen LogP contribution in [0.5, 0.6) is 0 Å². The fourth-order valence-electron chi connectivity index (χ4n) is 3.23. The van der Waals surface area contributed by atoms with E-state index in [0.717, 1.165) is 19.5 Å². The number of hydrogen-bond donors (Lipinski definition) is 1. The first-order valence-corrected chi connectivity index (χ1v) is 8.15. The predicted octanol–water partition coefficient (Wildman–Crippen LogP) is 3.67. The van der Waals surface area contributed by atoms with Gasteiger partial charge in [0.15, 0.2) is 0 Å². The summed E-state index contributed by atoms with van der Waals surface area (Å²) in [6, 6.07) is 9.20. The molecule has 1 aromatic carbocycles. The molecule has 0 radical (unpaired) electrons. The third-order valence-corrected chi connectivity index (χ3v) is 4.47. The molecule has 0 saturated carbocycles. The van der Waals surface area contributed by atoms with Crippen LogP contribution >= 0.6 is 0 Å². The number of aromatic nitrogens is 2. The van der Waals surface area contributed by atoms with Crippen LogP contribution in [0, 0.1) is 0 Å². The van der Waals surface area contributed by atoms with Crippen molar-refractivity contribution in [2.75, 3.05) is 6.54 Å². The lowest BCUT2D eigenvalue weighted by atomic mass is 9.78. The van der Waals surface area contributed by atoms with E-state index in [1.807, 2.05) is 6.20 Å². The van der Waals surface area contributed by atoms with Gasteiger partial charge in [-0.1, -0.05) is 38.1 Å². The lowest BCUT2D eigenvalue weighted by molar-refractivity contribution is 0.473. The Hall–Kier alpha value is -1.61. The highest BCUT2D eigenvalue weighted by atomic mass is 15.3. The molecule has 0 aliphatic heterocycles. The number of rotatable bonds is 7. The number of hydrogen-bond acceptors (Lipinski definition) is 2. The first kappa shape index (κ1) is 14.3. The van der Waals surface area contributed by atoms with E-state index in [0.29, 0.717) is 12.0 Å². The quantitative estimate of drug-likeness (QED) is 0.840. The maximum atomic E-state index is 4.56. The standard InChI is InChI=1S/C18H25N3/c1-3-9-19-18(4-2)16-11-20-21(13-16)12-15-10-14-7-5-6-8-17(14)15/h5-8,11,13,15,18-19H,3-4,9-10,12H2,1-2H3. The Morgan fingerprint density at radius 2 is 2.19 bits per heavy atom. The zero-order chi connectivity index (χ0) is 14.7. The van der Waals surface area contributed by atoms with E-state index in [4.69, 9.17) is 0 Å². The summed E-state index contributed by atoms with van der Waals surface area (Å²) in [4.78, 5) is 0. The van der Waals surface area contributed by atoms with Gasteiger partial charge in [-0.05, 0) is 36.9 Å². The summed E-state index contributed by atoms with van der Waals surface area (Å²) in [6.45, 7) is 6.50. The van der Waals surface area contributed by atoms with Gasteiger partial charge in [-0.15, -0.1) is 0 Å². The van der Waals surface area contributed by atoms with Crippen molar-refractivity contribution in [1.82, 2.24) is 15.1 Å². The minimum Gasteiger partial charge on any atom is -0.310 e. The molecule has 0 bridgehead atoms. The van der Waals surface area contributed by atoms with Crippen molar-refractivity contribution in [3.8, 4) is 0 Å². The van der Waals surface area contributed by atoms with Crippen molar-refractivity contribution >= 4 is 0 Å². The maximum absolute atomic E-state index is 4.56. The first-order valence-electron chi connectivity index (χ1n) is 8.15. The van der Waals surface area contributed by atoms with Crippen molar-refractivity contribution in [3.63, 3.8) is 0 Å². The summed E-state index contributed by atoms with van der Waals surface area (Å²) in [6.07, 6.45) is 7.72. The summed E-state index contributed by atoms with van der Waals surface area (Å²) in [5, 5.41) is 8.16. The fourth-order valence-corrected chi connectivity index (χ4v) is 3.23. The molecule has 2 unspecified atom stereocenters. The summed E-state index contributed by atoms with van der Waals surface area (Å²) >= 11 is 0. The van der Waals surface area contributed by atoms with E-state index >= 15 is 0 Å². The molecule has 21 heavy (non-hydrogen) atoms. The van der Waals surface area contributed by atoms with Gasteiger partial charge in [0.25, 0.3) is 0 Å². The second-order valence-corrected chi connectivity index (χ2v) is 6.01. The van der Waals surface area contributed by atoms with Crippen molar-refractivity contribution in [2.45, 2.75) is 51.6 Å². The lowest BCUT2D eigenvalue weighted by Gasteiger charge is -2.29. The van der Waals surface area contributed by atoms with Crippen molar-refractivity contribution < 1.29 is 0 Å². The third-order valence-electron chi connectivity index (χ3n) is 4.47. The van der Waals surface area contributed by atoms with Gasteiger partial charge in [0.1, 0.15) is 0 Å². The molecule has 1 aromatic heterocycles. The van der Waals surface area contributed by atoms with Crippen LogP contribution in [0.2, 0.25) is 0 Å². The Kier molecular flexibility index (Phi) is 4.39. The predicted molar refractivity (Wildman–Crippen MR) is 86.4 cm³/mol. The normalized spacial score (nSPS) is 18.1. The average molecular weight is 283 g/mol. The average Bonchev–Trinajstić information content (AvgIpc) is 2.94. The summed E-state index contributed by atoms with van der Waals surface area (Å²) in [7, 11) is 0. The van der Waals surface area contributed by atoms with Crippen LogP contribution in [0.25, 0.3) is 0 Å². The highest BCUT2D eigenvalue weighted by Crippen LogP contribution is 2.35. The van der Waals surface area contributed by atoms with E-state index < -0.39 is 0 Å². The molecule has 1 aliphatic carbocycles. The molecule has 2 atom stereocenters. The van der Waals surface area contributed by atoms with Gasteiger partial charge in [0, 0.05) is 30.3 Å². The molecule has 1 heterocycles. The van der Waals surface area contributed by atoms with Gasteiger partial charge in [-0.2, -0.15) is 5.10 Å². The number of nitrogens with one attached hydrogen (secondary N) is 1. The summed E-state index contributed by atoms with van der Waals surface area (Å²) in [5.41, 5.74) is 4.33. The summed E-state index contributed by atoms with van der Waals surface area (Å²) < 4.78 is 2.12. The zero-order valence-electron chi connectivity index (χ0n) is 13.0. The SMILES string of the molecule is CCCNC(CC)c1cnn(CC2Cc3ccccc32)c1. The highest BCUT2D eigenvalue weighted by Gasteiger charge is 2.26. The van der Waals surface area contributed by atoms with Gasteiger partial charge < -0.3 is 5.32 Å². The monoisotopic (exact) mass is 283 g/mol. The van der Waals surface area contributed by atoms with Crippen LogP contribution in [0.3, 0.4) is 0 Å². The van der Waals surface area contributed by atoms with Crippen LogP contribution in [0.15, 0.2) is 36.7 Å². The van der Waals surface area contributed by atoms with Crippen LogP contribution in [-0.2, 0) is 13.0 Å². The molecule has 0 amide bonds. The lowest BCUT2D eigenvalue weighted by Crippen LogP contribution is -2.22. The van der Waals surface area contributed by atoms with E-state index in [2.05, 4.69) is 59.4 Å². The minimum atomic E-state index is 0.437. The second-order valence-electron chi connectivity index (χ2n) is 6.01. The number of benzene rings is 1. The number of fused-ring (bicyclic) bond motifs is 1. The molecular weight excluding hydrogens is 258 g/mol. The molecule has 0 fully saturated rings. The molecule has 1 N–H and O–H groups in total. The Labute approximate surface area is 127 Å². The molecule has 0 saturated heterocycles. The molecule has 112 valence electrons. The van der Waals surface area contributed by atoms with Crippen LogP contribution in [0.4, 0.5) is 0 Å². The molecule has 0 spiro atoms. The topological polar surface area (TPSA) is 29.9 Å². The Morgan fingerprint density at radius 1 is 1.33 bits per heavy atom. The van der Waals surface area contributed by atoms with Crippen molar-refractivity contribution in [3.05, 3.63) is 53.3 Å². The van der Waals surface area contributed by atoms with Crippen molar-refractivity contribution in [2.24, 2.45) is 0 Å². The van der Waals surface area contributed by atoms with Crippen molar-refractivity contribution in [1.29, 1.82) is 0 Å². The molecule has 3 nitrogen and oxygen atoms in total. The van der Waals surface area contributed by atoms with Gasteiger partial charge >= 0.3 is 0 Å². The van der Waals surface area contributed by atoms with E-state index in [1.165, 1.54) is 29.5 Å². The Bertz CT molecular complexity index is 588. The van der Waals surface area contributed by atoms with Gasteiger partial charge in [-0.25, -0.2) is 0 Å². The smallest absolute Gasteiger partial charge is 0.0537 e. The van der Waals surface area contributed by atoms with E-state index in [9.17, 15) is 0 Å². The highest BCUT2D eigenvalue weighted by molar-refractivity contribution is 5.39. The summed E-state index contributed by atoms with van der Waals surface area (Å²) in [5.74, 6) is 0.637. The van der Waals surface area contributed by atoms with Crippen LogP contribution < -0.4 is 5.32 Å². The molecule has 2 aromatic rings. The Balaban J connectivity index is 1.63.